The van der Waals surface area contributed by atoms with Crippen LogP contribution >= 0.6 is 0 Å². The summed E-state index contributed by atoms with van der Waals surface area (Å²) in [5.74, 6) is -1.16. The zero-order valence-corrected chi connectivity index (χ0v) is 13.0. The van der Waals surface area contributed by atoms with Crippen molar-refractivity contribution in [3.63, 3.8) is 0 Å². The normalized spacial score (nSPS) is 16.0. The minimum atomic E-state index is -0.724. The van der Waals surface area contributed by atoms with Crippen LogP contribution < -0.4 is 10.2 Å². The first-order valence-electron chi connectivity index (χ1n) is 7.70. The first-order chi connectivity index (χ1) is 12.1. The Labute approximate surface area is 142 Å². The average Bonchev–Trinajstić information content (AvgIpc) is 2.91. The van der Waals surface area contributed by atoms with E-state index in [1.807, 2.05) is 6.07 Å². The lowest BCUT2D eigenvalue weighted by atomic mass is 10.1. The summed E-state index contributed by atoms with van der Waals surface area (Å²) >= 11 is 0. The second-order valence-electron chi connectivity index (χ2n) is 5.62. The highest BCUT2D eigenvalue weighted by Crippen LogP contribution is 2.37. The minimum Gasteiger partial charge on any atom is -0.359 e. The van der Waals surface area contributed by atoms with E-state index in [9.17, 15) is 13.6 Å². The van der Waals surface area contributed by atoms with Crippen LogP contribution in [0.15, 0.2) is 66.9 Å². The summed E-state index contributed by atoms with van der Waals surface area (Å²) in [7, 11) is 0. The van der Waals surface area contributed by atoms with Gasteiger partial charge in [0.05, 0.1) is 5.69 Å². The number of benzene rings is 2. The van der Waals surface area contributed by atoms with Gasteiger partial charge in [0.2, 0.25) is 0 Å². The Bertz CT molecular complexity index is 946. The van der Waals surface area contributed by atoms with Gasteiger partial charge in [0.1, 0.15) is 23.6 Å². The lowest BCUT2D eigenvalue weighted by molar-refractivity contribution is 0.0992. The van der Waals surface area contributed by atoms with E-state index in [1.165, 1.54) is 17.0 Å². The van der Waals surface area contributed by atoms with Crippen molar-refractivity contribution >= 4 is 17.4 Å². The molecule has 1 unspecified atom stereocenters. The molecule has 124 valence electrons. The molecule has 0 radical (unpaired) electrons. The molecule has 1 atom stereocenters. The van der Waals surface area contributed by atoms with Crippen molar-refractivity contribution in [2.24, 2.45) is 0 Å². The summed E-state index contributed by atoms with van der Waals surface area (Å²) in [6, 6.07) is 15.6. The van der Waals surface area contributed by atoms with Crippen LogP contribution in [0.3, 0.4) is 0 Å². The average molecular weight is 337 g/mol. The molecule has 1 aromatic heterocycles. The second kappa shape index (κ2) is 5.98. The maximum Gasteiger partial charge on any atom is 0.261 e. The third kappa shape index (κ3) is 2.61. The molecule has 2 aromatic carbocycles. The van der Waals surface area contributed by atoms with Gasteiger partial charge >= 0.3 is 0 Å². The molecule has 25 heavy (non-hydrogen) atoms. The van der Waals surface area contributed by atoms with E-state index < -0.39 is 17.8 Å². The third-order valence-corrected chi connectivity index (χ3v) is 4.08. The number of rotatable bonds is 3. The molecular formula is C19H13F2N3O. The van der Waals surface area contributed by atoms with Crippen molar-refractivity contribution in [1.82, 2.24) is 4.98 Å². The van der Waals surface area contributed by atoms with Gasteiger partial charge in [-0.2, -0.15) is 0 Å². The molecule has 0 fully saturated rings. The van der Waals surface area contributed by atoms with Gasteiger partial charge in [0, 0.05) is 23.4 Å². The van der Waals surface area contributed by atoms with Crippen LogP contribution in [-0.4, -0.2) is 10.9 Å². The predicted octanol–water partition coefficient (Wildman–Crippen LogP) is 4.13. The number of carbonyl (C=O) groups excluding carboxylic acids is 1. The van der Waals surface area contributed by atoms with Gasteiger partial charge in [-0.15, -0.1) is 0 Å². The fourth-order valence-electron chi connectivity index (χ4n) is 2.95. The van der Waals surface area contributed by atoms with E-state index in [2.05, 4.69) is 10.3 Å². The maximum absolute atomic E-state index is 14.1. The number of amides is 1. The van der Waals surface area contributed by atoms with Crippen LogP contribution in [0.1, 0.15) is 22.1 Å². The molecule has 0 aliphatic carbocycles. The smallest absolute Gasteiger partial charge is 0.261 e. The molecule has 3 aromatic rings. The Hall–Kier alpha value is -3.28. The molecule has 6 heteroatoms. The number of carbonyl (C=O) groups is 1. The van der Waals surface area contributed by atoms with Gasteiger partial charge in [-0.3, -0.25) is 9.69 Å². The van der Waals surface area contributed by atoms with Crippen LogP contribution in [0.4, 0.5) is 20.3 Å². The highest BCUT2D eigenvalue weighted by atomic mass is 19.1. The first kappa shape index (κ1) is 15.3. The molecule has 0 saturated carbocycles. The molecule has 0 bridgehead atoms. The number of fused-ring (bicyclic) bond motifs is 1. The number of hydrogen-bond acceptors (Lipinski definition) is 3. The Balaban J connectivity index is 1.80. The van der Waals surface area contributed by atoms with Crippen molar-refractivity contribution < 1.29 is 13.6 Å². The van der Waals surface area contributed by atoms with Crippen LogP contribution in [0.2, 0.25) is 0 Å². The summed E-state index contributed by atoms with van der Waals surface area (Å²) in [5.41, 5.74) is 1.34. The number of nitrogens with one attached hydrogen (secondary N) is 1. The van der Waals surface area contributed by atoms with Crippen LogP contribution in [0.5, 0.6) is 0 Å². The van der Waals surface area contributed by atoms with E-state index in [4.69, 9.17) is 0 Å². The quantitative estimate of drug-likeness (QED) is 0.781. The van der Waals surface area contributed by atoms with Crippen molar-refractivity contribution in [3.8, 4) is 0 Å². The van der Waals surface area contributed by atoms with Crippen LogP contribution in [0.25, 0.3) is 0 Å². The zero-order valence-electron chi connectivity index (χ0n) is 13.0. The summed E-state index contributed by atoms with van der Waals surface area (Å²) in [6.07, 6.45) is 0.944. The minimum absolute atomic E-state index is 0.108. The number of hydrogen-bond donors (Lipinski definition) is 1. The van der Waals surface area contributed by atoms with Crippen molar-refractivity contribution in [2.45, 2.75) is 6.17 Å². The summed E-state index contributed by atoms with van der Waals surface area (Å²) in [5, 5.41) is 2.99. The molecule has 1 aliphatic rings. The first-order valence-corrected chi connectivity index (χ1v) is 7.70. The Morgan fingerprint density at radius 2 is 1.80 bits per heavy atom. The van der Waals surface area contributed by atoms with Crippen molar-refractivity contribution in [3.05, 3.63) is 89.6 Å². The highest BCUT2D eigenvalue weighted by molar-refractivity contribution is 6.10. The lowest BCUT2D eigenvalue weighted by Crippen LogP contribution is -2.33. The standard InChI is InChI=1S/C19H13F2N3O/c20-12-8-9-16(15(21)11-12)23-18-13-5-1-2-6-14(13)19(25)24(18)17-7-3-4-10-22-17/h1-11,18,23H. The fourth-order valence-corrected chi connectivity index (χ4v) is 2.95. The van der Waals surface area contributed by atoms with Gasteiger partial charge in [0.25, 0.3) is 5.91 Å². The fraction of sp³-hybridized carbons (Fsp3) is 0.0526. The van der Waals surface area contributed by atoms with E-state index in [0.29, 0.717) is 16.9 Å². The zero-order chi connectivity index (χ0) is 17.4. The third-order valence-electron chi connectivity index (χ3n) is 4.08. The molecule has 1 N–H and O–H groups in total. The molecule has 4 rings (SSSR count). The van der Waals surface area contributed by atoms with E-state index in [-0.39, 0.29) is 11.6 Å². The number of anilines is 2. The van der Waals surface area contributed by atoms with Gasteiger partial charge < -0.3 is 5.32 Å². The van der Waals surface area contributed by atoms with E-state index in [1.54, 1.807) is 42.6 Å². The molecule has 4 nitrogen and oxygen atoms in total. The monoisotopic (exact) mass is 337 g/mol. The SMILES string of the molecule is O=C1c2ccccc2C(Nc2ccc(F)cc2F)N1c1ccccn1. The van der Waals surface area contributed by atoms with E-state index >= 15 is 0 Å². The van der Waals surface area contributed by atoms with Crippen molar-refractivity contribution in [1.29, 1.82) is 0 Å². The molecule has 1 aliphatic heterocycles. The number of nitrogens with zero attached hydrogens (tertiary/aromatic N) is 2. The van der Waals surface area contributed by atoms with Gasteiger partial charge in [-0.1, -0.05) is 24.3 Å². The Kier molecular flexibility index (Phi) is 3.65. The molecule has 0 spiro atoms. The second-order valence-corrected chi connectivity index (χ2v) is 5.62. The number of aromatic nitrogens is 1. The summed E-state index contributed by atoms with van der Waals surface area (Å²) < 4.78 is 27.2. The number of pyridine rings is 1. The van der Waals surface area contributed by atoms with Gasteiger partial charge in [-0.25, -0.2) is 13.8 Å². The van der Waals surface area contributed by atoms with Crippen LogP contribution in [0, 0.1) is 11.6 Å². The Morgan fingerprint density at radius 3 is 2.56 bits per heavy atom. The van der Waals surface area contributed by atoms with Gasteiger partial charge in [0.15, 0.2) is 0 Å². The lowest BCUT2D eigenvalue weighted by Gasteiger charge is -2.26. The molecular weight excluding hydrogens is 324 g/mol. The number of halogens is 2. The topological polar surface area (TPSA) is 45.2 Å². The summed E-state index contributed by atoms with van der Waals surface area (Å²) in [6.45, 7) is 0. The largest absolute Gasteiger partial charge is 0.359 e. The predicted molar refractivity (Wildman–Crippen MR) is 90.2 cm³/mol. The highest BCUT2D eigenvalue weighted by Gasteiger charge is 2.38. The van der Waals surface area contributed by atoms with E-state index in [0.717, 1.165) is 6.07 Å². The molecule has 1 amide bonds. The molecule has 2 heterocycles. The molecule has 0 saturated heterocycles. The van der Waals surface area contributed by atoms with Gasteiger partial charge in [-0.05, 0) is 30.3 Å². The maximum atomic E-state index is 14.1. The van der Waals surface area contributed by atoms with Crippen LogP contribution in [-0.2, 0) is 0 Å². The van der Waals surface area contributed by atoms with Crippen molar-refractivity contribution in [2.75, 3.05) is 10.2 Å². The summed E-state index contributed by atoms with van der Waals surface area (Å²) in [4.78, 5) is 18.5. The Morgan fingerprint density at radius 1 is 1.00 bits per heavy atom.